The van der Waals surface area contributed by atoms with Gasteiger partial charge in [0.05, 0.1) is 11.2 Å². The van der Waals surface area contributed by atoms with Gasteiger partial charge in [-0.2, -0.15) is 11.8 Å². The molecule has 3 heteroatoms. The fourth-order valence-corrected chi connectivity index (χ4v) is 6.04. The summed E-state index contributed by atoms with van der Waals surface area (Å²) < 4.78 is 6.13. The van der Waals surface area contributed by atoms with Crippen LogP contribution in [0, 0.1) is 11.8 Å². The van der Waals surface area contributed by atoms with E-state index in [0.717, 1.165) is 38.0 Å². The van der Waals surface area contributed by atoms with Crippen LogP contribution in [-0.2, 0) is 4.74 Å². The highest BCUT2D eigenvalue weighted by Crippen LogP contribution is 2.49. The van der Waals surface area contributed by atoms with Gasteiger partial charge < -0.3 is 9.84 Å². The molecule has 2 heterocycles. The molecule has 0 bridgehead atoms. The number of aliphatic hydroxyl groups is 1. The van der Waals surface area contributed by atoms with Gasteiger partial charge in [-0.15, -0.1) is 0 Å². The molecule has 19 heavy (non-hydrogen) atoms. The molecule has 1 N–H and O–H groups in total. The highest BCUT2D eigenvalue weighted by Gasteiger charge is 2.50. The number of ether oxygens (including phenoxy) is 1. The maximum atomic E-state index is 11.3. The van der Waals surface area contributed by atoms with Crippen LogP contribution in [0.2, 0.25) is 0 Å². The summed E-state index contributed by atoms with van der Waals surface area (Å²) in [6, 6.07) is 0. The molecule has 0 radical (unpaired) electrons. The minimum atomic E-state index is -0.392. The first kappa shape index (κ1) is 14.2. The van der Waals surface area contributed by atoms with Crippen LogP contribution in [0.15, 0.2) is 0 Å². The summed E-state index contributed by atoms with van der Waals surface area (Å²) in [5.41, 5.74) is -0.282. The number of thioether (sulfide) groups is 1. The summed E-state index contributed by atoms with van der Waals surface area (Å²) in [6.07, 6.45) is 9.28. The zero-order valence-corrected chi connectivity index (χ0v) is 13.0. The quantitative estimate of drug-likeness (QED) is 0.840. The van der Waals surface area contributed by atoms with Gasteiger partial charge in [-0.25, -0.2) is 0 Å². The summed E-state index contributed by atoms with van der Waals surface area (Å²) in [5.74, 6) is 3.39. The van der Waals surface area contributed by atoms with Crippen molar-refractivity contribution in [1.29, 1.82) is 0 Å². The first-order chi connectivity index (χ1) is 9.19. The average molecular weight is 284 g/mol. The van der Waals surface area contributed by atoms with Crippen LogP contribution >= 0.6 is 11.8 Å². The van der Waals surface area contributed by atoms with E-state index in [1.54, 1.807) is 0 Å². The molecule has 2 aliphatic heterocycles. The molecular weight excluding hydrogens is 256 g/mol. The smallest absolute Gasteiger partial charge is 0.0784 e. The zero-order chi connectivity index (χ0) is 13.3. The summed E-state index contributed by atoms with van der Waals surface area (Å²) in [5, 5.41) is 11.3. The topological polar surface area (TPSA) is 29.5 Å². The van der Waals surface area contributed by atoms with Crippen molar-refractivity contribution in [3.05, 3.63) is 0 Å². The van der Waals surface area contributed by atoms with E-state index in [2.05, 4.69) is 6.92 Å². The number of hydrogen-bond donors (Lipinski definition) is 1. The summed E-state index contributed by atoms with van der Waals surface area (Å²) in [6.45, 7) is 3.12. The third-order valence-corrected chi connectivity index (χ3v) is 7.07. The lowest BCUT2D eigenvalue weighted by Crippen LogP contribution is -2.53. The highest BCUT2D eigenvalue weighted by molar-refractivity contribution is 7.99. The van der Waals surface area contributed by atoms with Gasteiger partial charge in [-0.1, -0.05) is 26.2 Å². The molecule has 3 rings (SSSR count). The monoisotopic (exact) mass is 284 g/mol. The Morgan fingerprint density at radius 1 is 1.26 bits per heavy atom. The van der Waals surface area contributed by atoms with Crippen LogP contribution in [0.4, 0.5) is 0 Å². The molecule has 0 amide bonds. The molecule has 4 atom stereocenters. The molecule has 3 fully saturated rings. The molecule has 0 aromatic carbocycles. The Kier molecular flexibility index (Phi) is 4.17. The predicted octanol–water partition coefficient (Wildman–Crippen LogP) is 3.62. The number of rotatable bonds is 2. The Labute approximate surface area is 121 Å². The summed E-state index contributed by atoms with van der Waals surface area (Å²) >= 11 is 2.03. The lowest BCUT2D eigenvalue weighted by atomic mass is 9.63. The van der Waals surface area contributed by atoms with Crippen molar-refractivity contribution in [3.63, 3.8) is 0 Å². The lowest BCUT2D eigenvalue weighted by Gasteiger charge is -2.50. The second-order valence-electron chi connectivity index (χ2n) is 6.87. The van der Waals surface area contributed by atoms with Crippen LogP contribution in [0.1, 0.15) is 58.3 Å². The first-order valence-electron chi connectivity index (χ1n) is 8.13. The summed E-state index contributed by atoms with van der Waals surface area (Å²) in [7, 11) is 0. The van der Waals surface area contributed by atoms with Gasteiger partial charge in [0.25, 0.3) is 0 Å². The fraction of sp³-hybridized carbons (Fsp3) is 1.00. The number of hydrogen-bond acceptors (Lipinski definition) is 3. The fourth-order valence-electron chi connectivity index (χ4n) is 4.67. The van der Waals surface area contributed by atoms with Gasteiger partial charge in [0.1, 0.15) is 0 Å². The highest BCUT2D eigenvalue weighted by atomic mass is 32.2. The SMILES string of the molecule is CCC1CCCCC1(O)C1CCOC2(CCSC2)C1. The van der Waals surface area contributed by atoms with E-state index in [1.165, 1.54) is 31.4 Å². The third kappa shape index (κ3) is 2.58. The Hall–Kier alpha value is 0.270. The Morgan fingerprint density at radius 2 is 2.16 bits per heavy atom. The minimum absolute atomic E-state index is 0.110. The average Bonchev–Trinajstić information content (AvgIpc) is 2.87. The van der Waals surface area contributed by atoms with Crippen molar-refractivity contribution in [1.82, 2.24) is 0 Å². The lowest BCUT2D eigenvalue weighted by molar-refractivity contribution is -0.162. The second-order valence-corrected chi connectivity index (χ2v) is 7.97. The van der Waals surface area contributed by atoms with Crippen LogP contribution in [0.25, 0.3) is 0 Å². The van der Waals surface area contributed by atoms with Crippen molar-refractivity contribution < 1.29 is 9.84 Å². The Balaban J connectivity index is 1.76. The maximum absolute atomic E-state index is 11.3. The van der Waals surface area contributed by atoms with Crippen LogP contribution in [0.3, 0.4) is 0 Å². The predicted molar refractivity (Wildman–Crippen MR) is 80.5 cm³/mol. The summed E-state index contributed by atoms with van der Waals surface area (Å²) in [4.78, 5) is 0. The minimum Gasteiger partial charge on any atom is -0.389 e. The van der Waals surface area contributed by atoms with E-state index in [0.29, 0.717) is 11.8 Å². The molecule has 110 valence electrons. The normalized spacial score (nSPS) is 47.7. The maximum Gasteiger partial charge on any atom is 0.0784 e. The Morgan fingerprint density at radius 3 is 2.89 bits per heavy atom. The Bertz CT molecular complexity index is 314. The van der Waals surface area contributed by atoms with Crippen LogP contribution in [0.5, 0.6) is 0 Å². The van der Waals surface area contributed by atoms with E-state index in [-0.39, 0.29) is 5.60 Å². The molecule has 1 saturated carbocycles. The molecule has 1 spiro atoms. The van der Waals surface area contributed by atoms with E-state index in [1.807, 2.05) is 11.8 Å². The standard InChI is InChI=1S/C16H28O2S/c1-2-13-5-3-4-7-16(13,17)14-6-9-18-15(11-14)8-10-19-12-15/h13-14,17H,2-12H2,1H3. The third-order valence-electron chi connectivity index (χ3n) is 5.85. The molecule has 3 aliphatic rings. The van der Waals surface area contributed by atoms with E-state index in [9.17, 15) is 5.11 Å². The van der Waals surface area contributed by atoms with E-state index >= 15 is 0 Å². The molecule has 4 unspecified atom stereocenters. The first-order valence-corrected chi connectivity index (χ1v) is 9.28. The van der Waals surface area contributed by atoms with Gasteiger partial charge in [-0.05, 0) is 49.7 Å². The van der Waals surface area contributed by atoms with Crippen molar-refractivity contribution in [2.75, 3.05) is 18.1 Å². The molecule has 2 nitrogen and oxygen atoms in total. The van der Waals surface area contributed by atoms with Crippen LogP contribution < -0.4 is 0 Å². The van der Waals surface area contributed by atoms with Gasteiger partial charge in [-0.3, -0.25) is 0 Å². The van der Waals surface area contributed by atoms with Crippen molar-refractivity contribution >= 4 is 11.8 Å². The van der Waals surface area contributed by atoms with Gasteiger partial charge >= 0.3 is 0 Å². The van der Waals surface area contributed by atoms with Gasteiger partial charge in [0.2, 0.25) is 0 Å². The van der Waals surface area contributed by atoms with Gasteiger partial charge in [0, 0.05) is 12.4 Å². The van der Waals surface area contributed by atoms with Crippen LogP contribution in [-0.4, -0.2) is 34.4 Å². The molecule has 1 aliphatic carbocycles. The second kappa shape index (κ2) is 5.57. The van der Waals surface area contributed by atoms with E-state index < -0.39 is 5.60 Å². The van der Waals surface area contributed by atoms with E-state index in [4.69, 9.17) is 4.74 Å². The van der Waals surface area contributed by atoms with Crippen molar-refractivity contribution in [3.8, 4) is 0 Å². The zero-order valence-electron chi connectivity index (χ0n) is 12.2. The largest absolute Gasteiger partial charge is 0.389 e. The van der Waals surface area contributed by atoms with Gasteiger partial charge in [0.15, 0.2) is 0 Å². The molecular formula is C16H28O2S. The molecule has 2 saturated heterocycles. The van der Waals surface area contributed by atoms with Crippen molar-refractivity contribution in [2.45, 2.75) is 69.5 Å². The molecule has 0 aromatic heterocycles. The van der Waals surface area contributed by atoms with Crippen molar-refractivity contribution in [2.24, 2.45) is 11.8 Å². The molecule has 0 aromatic rings.